The van der Waals surface area contributed by atoms with E-state index >= 15 is 0 Å². The van der Waals surface area contributed by atoms with E-state index in [1.54, 1.807) is 12.1 Å². The molecule has 122 valence electrons. The normalized spacial score (nSPS) is 10.5. The summed E-state index contributed by atoms with van der Waals surface area (Å²) >= 11 is 0. The average molecular weight is 323 g/mol. The predicted molar refractivity (Wildman–Crippen MR) is 89.0 cm³/mol. The highest BCUT2D eigenvalue weighted by Gasteiger charge is 2.10. The van der Waals surface area contributed by atoms with E-state index in [1.807, 2.05) is 43.3 Å². The Bertz CT molecular complexity index is 870. The number of benzene rings is 2. The Balaban J connectivity index is 1.57. The van der Waals surface area contributed by atoms with Gasteiger partial charge in [-0.1, -0.05) is 36.4 Å². The Morgan fingerprint density at radius 2 is 1.79 bits per heavy atom. The van der Waals surface area contributed by atoms with Gasteiger partial charge in [-0.3, -0.25) is 20.4 Å². The molecule has 24 heavy (non-hydrogen) atoms. The first-order valence-corrected chi connectivity index (χ1v) is 7.63. The number of rotatable bonds is 4. The second-order valence-corrected chi connectivity index (χ2v) is 5.29. The van der Waals surface area contributed by atoms with Crippen molar-refractivity contribution in [1.29, 1.82) is 0 Å². The second-order valence-electron chi connectivity index (χ2n) is 5.29. The molecule has 0 bridgehead atoms. The molecule has 2 N–H and O–H groups in total. The van der Waals surface area contributed by atoms with Crippen molar-refractivity contribution in [3.63, 3.8) is 0 Å². The lowest BCUT2D eigenvalue weighted by molar-refractivity contribution is -0.122. The van der Waals surface area contributed by atoms with Crippen molar-refractivity contribution < 1.29 is 9.59 Å². The first-order valence-electron chi connectivity index (χ1n) is 7.63. The maximum Gasteiger partial charge on any atom is 0.269 e. The van der Waals surface area contributed by atoms with Crippen LogP contribution in [-0.4, -0.2) is 26.8 Å². The van der Waals surface area contributed by atoms with Crippen LogP contribution in [0, 0.1) is 0 Å². The van der Waals surface area contributed by atoms with Crippen LogP contribution in [0.1, 0.15) is 22.8 Å². The van der Waals surface area contributed by atoms with Crippen molar-refractivity contribution in [2.75, 3.05) is 0 Å². The molecule has 7 heteroatoms. The number of nitrogens with zero attached hydrogens (tertiary/aromatic N) is 3. The third-order valence-electron chi connectivity index (χ3n) is 3.65. The first-order chi connectivity index (χ1) is 11.7. The molecule has 0 saturated carbocycles. The summed E-state index contributed by atoms with van der Waals surface area (Å²) in [7, 11) is 0. The van der Waals surface area contributed by atoms with Gasteiger partial charge in [0.1, 0.15) is 12.1 Å². The number of amides is 2. The van der Waals surface area contributed by atoms with Crippen LogP contribution in [0.25, 0.3) is 11.0 Å². The lowest BCUT2D eigenvalue weighted by Gasteiger charge is -2.08. The fourth-order valence-electron chi connectivity index (χ4n) is 2.30. The van der Waals surface area contributed by atoms with Gasteiger partial charge in [0.25, 0.3) is 11.8 Å². The maximum absolute atomic E-state index is 12.0. The van der Waals surface area contributed by atoms with Crippen molar-refractivity contribution in [2.45, 2.75) is 19.9 Å². The molecule has 2 aromatic carbocycles. The third-order valence-corrected chi connectivity index (χ3v) is 3.65. The van der Waals surface area contributed by atoms with Crippen LogP contribution in [0.15, 0.2) is 48.5 Å². The Morgan fingerprint density at radius 3 is 2.54 bits per heavy atom. The number of nitrogens with one attached hydrogen (secondary N) is 2. The number of carbonyl (C=O) groups is 2. The zero-order chi connectivity index (χ0) is 16.9. The second kappa shape index (κ2) is 6.91. The van der Waals surface area contributed by atoms with E-state index in [1.165, 1.54) is 4.68 Å². The van der Waals surface area contributed by atoms with Gasteiger partial charge in [0.15, 0.2) is 0 Å². The highest BCUT2D eigenvalue weighted by Crippen LogP contribution is 2.09. The molecule has 1 heterocycles. The standard InChI is InChI=1S/C17H17N5O2/c1-2-12-7-9-13(10-8-12)17(24)20-19-16(23)11-22-15-6-4-3-5-14(15)18-21-22/h3-10H,2,11H2,1H3,(H,19,23)(H,20,24). The molecule has 0 aliphatic carbocycles. The van der Waals surface area contributed by atoms with Gasteiger partial charge in [0, 0.05) is 5.56 Å². The lowest BCUT2D eigenvalue weighted by Crippen LogP contribution is -2.43. The summed E-state index contributed by atoms with van der Waals surface area (Å²) in [5.41, 5.74) is 7.89. The smallest absolute Gasteiger partial charge is 0.269 e. The Kier molecular flexibility index (Phi) is 4.51. The van der Waals surface area contributed by atoms with Gasteiger partial charge in [0.2, 0.25) is 0 Å². The van der Waals surface area contributed by atoms with E-state index < -0.39 is 0 Å². The maximum atomic E-state index is 12.0. The minimum atomic E-state index is -0.385. The molecule has 3 rings (SSSR count). The molecule has 0 fully saturated rings. The monoisotopic (exact) mass is 323 g/mol. The zero-order valence-corrected chi connectivity index (χ0v) is 13.2. The minimum absolute atomic E-state index is 0.0322. The zero-order valence-electron chi connectivity index (χ0n) is 13.2. The van der Waals surface area contributed by atoms with Crippen LogP contribution in [0.4, 0.5) is 0 Å². The van der Waals surface area contributed by atoms with Crippen molar-refractivity contribution in [1.82, 2.24) is 25.8 Å². The number of hydrazine groups is 1. The molecule has 1 aromatic heterocycles. The SMILES string of the molecule is CCc1ccc(C(=O)NNC(=O)Cn2nnc3ccccc32)cc1. The van der Waals surface area contributed by atoms with Gasteiger partial charge >= 0.3 is 0 Å². The van der Waals surface area contributed by atoms with Crippen LogP contribution in [0.2, 0.25) is 0 Å². The molecule has 0 atom stereocenters. The summed E-state index contributed by atoms with van der Waals surface area (Å²) in [6, 6.07) is 14.6. The van der Waals surface area contributed by atoms with Gasteiger partial charge in [-0.15, -0.1) is 5.10 Å². The number of para-hydroxylation sites is 1. The number of hydrogen-bond acceptors (Lipinski definition) is 4. The van der Waals surface area contributed by atoms with Crippen LogP contribution in [0.3, 0.4) is 0 Å². The number of aryl methyl sites for hydroxylation is 1. The van der Waals surface area contributed by atoms with E-state index in [-0.39, 0.29) is 18.4 Å². The van der Waals surface area contributed by atoms with E-state index in [9.17, 15) is 9.59 Å². The van der Waals surface area contributed by atoms with E-state index in [4.69, 9.17) is 0 Å². The highest BCUT2D eigenvalue weighted by molar-refractivity contribution is 5.95. The molecule has 0 radical (unpaired) electrons. The topological polar surface area (TPSA) is 88.9 Å². The molecule has 3 aromatic rings. The first kappa shape index (κ1) is 15.7. The van der Waals surface area contributed by atoms with Gasteiger partial charge < -0.3 is 0 Å². The highest BCUT2D eigenvalue weighted by atomic mass is 16.2. The Hall–Kier alpha value is -3.22. The molecule has 0 aliphatic heterocycles. The van der Waals surface area contributed by atoms with Gasteiger partial charge in [0.05, 0.1) is 5.52 Å². The van der Waals surface area contributed by atoms with Crippen molar-refractivity contribution in [2.24, 2.45) is 0 Å². The molecule has 0 unspecified atom stereocenters. The lowest BCUT2D eigenvalue weighted by atomic mass is 10.1. The van der Waals surface area contributed by atoms with Crippen LogP contribution < -0.4 is 10.9 Å². The largest absolute Gasteiger partial charge is 0.271 e. The van der Waals surface area contributed by atoms with Gasteiger partial charge in [-0.2, -0.15) is 0 Å². The van der Waals surface area contributed by atoms with Crippen molar-refractivity contribution >= 4 is 22.8 Å². The molecule has 0 spiro atoms. The fraction of sp³-hybridized carbons (Fsp3) is 0.176. The molecular weight excluding hydrogens is 306 g/mol. The van der Waals surface area contributed by atoms with E-state index in [2.05, 4.69) is 21.2 Å². The van der Waals surface area contributed by atoms with E-state index in [0.29, 0.717) is 11.1 Å². The average Bonchev–Trinajstić information content (AvgIpc) is 3.03. The summed E-state index contributed by atoms with van der Waals surface area (Å²) in [5.74, 6) is -0.751. The summed E-state index contributed by atoms with van der Waals surface area (Å²) < 4.78 is 1.48. The van der Waals surface area contributed by atoms with Crippen LogP contribution in [-0.2, 0) is 17.8 Å². The van der Waals surface area contributed by atoms with E-state index in [0.717, 1.165) is 17.5 Å². The van der Waals surface area contributed by atoms with Crippen molar-refractivity contribution in [3.8, 4) is 0 Å². The summed E-state index contributed by atoms with van der Waals surface area (Å²) in [4.78, 5) is 24.0. The third kappa shape index (κ3) is 3.40. The Labute approximate surface area is 138 Å². The van der Waals surface area contributed by atoms with Gasteiger partial charge in [-0.05, 0) is 36.2 Å². The number of aromatic nitrogens is 3. The molecule has 0 aliphatic rings. The summed E-state index contributed by atoms with van der Waals surface area (Å²) in [6.45, 7) is 2.01. The quantitative estimate of drug-likeness (QED) is 0.711. The molecular formula is C17H17N5O2. The number of hydrogen-bond donors (Lipinski definition) is 2. The van der Waals surface area contributed by atoms with Crippen LogP contribution in [0.5, 0.6) is 0 Å². The minimum Gasteiger partial charge on any atom is -0.271 e. The Morgan fingerprint density at radius 1 is 1.04 bits per heavy atom. The summed E-state index contributed by atoms with van der Waals surface area (Å²) in [5, 5.41) is 7.91. The predicted octanol–water partition coefficient (Wildman–Crippen LogP) is 1.45. The van der Waals surface area contributed by atoms with Crippen molar-refractivity contribution in [3.05, 3.63) is 59.7 Å². The fourth-order valence-corrected chi connectivity index (χ4v) is 2.30. The summed E-state index contributed by atoms with van der Waals surface area (Å²) in [6.07, 6.45) is 0.907. The molecule has 2 amide bonds. The number of fused-ring (bicyclic) bond motifs is 1. The number of carbonyl (C=O) groups excluding carboxylic acids is 2. The molecule has 0 saturated heterocycles. The molecule has 7 nitrogen and oxygen atoms in total. The van der Waals surface area contributed by atoms with Gasteiger partial charge in [-0.25, -0.2) is 4.68 Å². The van der Waals surface area contributed by atoms with Crippen LogP contribution >= 0.6 is 0 Å².